The van der Waals surface area contributed by atoms with Gasteiger partial charge in [0, 0.05) is 29.8 Å². The van der Waals surface area contributed by atoms with Crippen LogP contribution in [0.25, 0.3) is 44.7 Å². The zero-order valence-electron chi connectivity index (χ0n) is 17.0. The van der Waals surface area contributed by atoms with Crippen LogP contribution in [0.1, 0.15) is 20.3 Å². The third-order valence-corrected chi connectivity index (χ3v) is 4.87. The number of rotatable bonds is 5. The SMILES string of the molecule is CC(C)CC(=O)Nc1cncc(-c2cc3c(-c4nc5ccncc5[nH]4)n[nH]c3cn2)c1. The van der Waals surface area contributed by atoms with E-state index >= 15 is 0 Å². The van der Waals surface area contributed by atoms with Crippen molar-refractivity contribution in [3.8, 4) is 22.8 Å². The minimum absolute atomic E-state index is 0.0335. The molecule has 0 saturated carbocycles. The van der Waals surface area contributed by atoms with Gasteiger partial charge in [0.2, 0.25) is 5.91 Å². The lowest BCUT2D eigenvalue weighted by Crippen LogP contribution is -2.13. The number of aromatic nitrogens is 7. The molecular formula is C22H20N8O. The van der Waals surface area contributed by atoms with Crippen molar-refractivity contribution in [3.63, 3.8) is 0 Å². The van der Waals surface area contributed by atoms with Crippen molar-refractivity contribution in [2.24, 2.45) is 5.92 Å². The van der Waals surface area contributed by atoms with Crippen LogP contribution in [0.3, 0.4) is 0 Å². The van der Waals surface area contributed by atoms with Gasteiger partial charge in [0.1, 0.15) is 5.69 Å². The third kappa shape index (κ3) is 3.73. The fraction of sp³-hybridized carbons (Fsp3) is 0.182. The Morgan fingerprint density at radius 3 is 2.84 bits per heavy atom. The number of anilines is 1. The van der Waals surface area contributed by atoms with E-state index in [0.29, 0.717) is 23.6 Å². The number of pyridine rings is 3. The Labute approximate surface area is 177 Å². The first-order valence-corrected chi connectivity index (χ1v) is 9.96. The first kappa shape index (κ1) is 18.9. The number of H-pyrrole nitrogens is 2. The fourth-order valence-corrected chi connectivity index (χ4v) is 3.46. The first-order valence-electron chi connectivity index (χ1n) is 9.96. The highest BCUT2D eigenvalue weighted by Crippen LogP contribution is 2.29. The molecule has 0 bridgehead atoms. The summed E-state index contributed by atoms with van der Waals surface area (Å²) in [5.74, 6) is 0.904. The maximum Gasteiger partial charge on any atom is 0.224 e. The van der Waals surface area contributed by atoms with Crippen LogP contribution in [0.15, 0.2) is 49.2 Å². The van der Waals surface area contributed by atoms with Gasteiger partial charge in [-0.1, -0.05) is 13.8 Å². The Morgan fingerprint density at radius 2 is 2.00 bits per heavy atom. The molecule has 1 amide bonds. The molecule has 154 valence electrons. The van der Waals surface area contributed by atoms with Gasteiger partial charge in [0.15, 0.2) is 5.82 Å². The van der Waals surface area contributed by atoms with Crippen molar-refractivity contribution >= 4 is 33.5 Å². The average molecular weight is 412 g/mol. The van der Waals surface area contributed by atoms with Gasteiger partial charge in [0.25, 0.3) is 0 Å². The molecule has 0 saturated heterocycles. The Hall–Kier alpha value is -4.14. The van der Waals surface area contributed by atoms with Gasteiger partial charge >= 0.3 is 0 Å². The van der Waals surface area contributed by atoms with Crippen molar-refractivity contribution in [2.75, 3.05) is 5.32 Å². The molecule has 0 aliphatic carbocycles. The first-order chi connectivity index (χ1) is 15.1. The van der Waals surface area contributed by atoms with E-state index in [-0.39, 0.29) is 11.8 Å². The third-order valence-electron chi connectivity index (χ3n) is 4.87. The molecule has 0 radical (unpaired) electrons. The normalized spacial score (nSPS) is 11.5. The lowest BCUT2D eigenvalue weighted by molar-refractivity contribution is -0.116. The molecule has 0 spiro atoms. The largest absolute Gasteiger partial charge is 0.335 e. The zero-order chi connectivity index (χ0) is 21.4. The van der Waals surface area contributed by atoms with Crippen molar-refractivity contribution in [1.82, 2.24) is 35.1 Å². The van der Waals surface area contributed by atoms with E-state index in [9.17, 15) is 4.79 Å². The number of hydrogen-bond donors (Lipinski definition) is 3. The summed E-state index contributed by atoms with van der Waals surface area (Å²) in [6.07, 6.45) is 8.98. The molecule has 0 unspecified atom stereocenters. The van der Waals surface area contributed by atoms with E-state index in [1.807, 2.05) is 32.0 Å². The number of amides is 1. The molecule has 0 aromatic carbocycles. The number of fused-ring (bicyclic) bond motifs is 2. The number of nitrogens with one attached hydrogen (secondary N) is 3. The maximum atomic E-state index is 12.1. The predicted molar refractivity (Wildman–Crippen MR) is 118 cm³/mol. The molecule has 5 aromatic heterocycles. The molecule has 5 rings (SSSR count). The van der Waals surface area contributed by atoms with Crippen molar-refractivity contribution < 1.29 is 4.79 Å². The predicted octanol–water partition coefficient (Wildman–Crippen LogP) is 3.94. The minimum Gasteiger partial charge on any atom is -0.335 e. The average Bonchev–Trinajstić information content (AvgIpc) is 3.36. The van der Waals surface area contributed by atoms with Crippen molar-refractivity contribution in [1.29, 1.82) is 0 Å². The lowest BCUT2D eigenvalue weighted by atomic mass is 10.1. The van der Waals surface area contributed by atoms with Gasteiger partial charge in [-0.05, 0) is 24.1 Å². The highest BCUT2D eigenvalue weighted by molar-refractivity contribution is 5.95. The van der Waals surface area contributed by atoms with Crippen LogP contribution in [-0.4, -0.2) is 41.0 Å². The second-order valence-electron chi connectivity index (χ2n) is 7.77. The van der Waals surface area contributed by atoms with Gasteiger partial charge in [-0.2, -0.15) is 5.10 Å². The van der Waals surface area contributed by atoms with Gasteiger partial charge in [-0.25, -0.2) is 4.98 Å². The van der Waals surface area contributed by atoms with E-state index in [1.165, 1.54) is 0 Å². The molecule has 0 atom stereocenters. The van der Waals surface area contributed by atoms with Crippen LogP contribution in [0.2, 0.25) is 0 Å². The van der Waals surface area contributed by atoms with E-state index in [2.05, 4.69) is 40.4 Å². The molecule has 5 aromatic rings. The summed E-state index contributed by atoms with van der Waals surface area (Å²) in [6.45, 7) is 4.02. The number of nitrogens with zero attached hydrogens (tertiary/aromatic N) is 5. The molecule has 3 N–H and O–H groups in total. The van der Waals surface area contributed by atoms with E-state index in [1.54, 1.807) is 31.0 Å². The number of imidazole rings is 1. The summed E-state index contributed by atoms with van der Waals surface area (Å²) in [6, 6.07) is 5.66. The number of carbonyl (C=O) groups is 1. The zero-order valence-corrected chi connectivity index (χ0v) is 17.0. The Morgan fingerprint density at radius 1 is 1.10 bits per heavy atom. The molecular weight excluding hydrogens is 392 g/mol. The van der Waals surface area contributed by atoms with Crippen LogP contribution in [0, 0.1) is 5.92 Å². The summed E-state index contributed by atoms with van der Waals surface area (Å²) in [5, 5.41) is 11.2. The van der Waals surface area contributed by atoms with Crippen LogP contribution in [0.4, 0.5) is 5.69 Å². The molecule has 5 heterocycles. The molecule has 0 fully saturated rings. The standard InChI is InChI=1S/C22H20N8O/c1-12(2)5-20(31)26-14-6-13(8-24-9-14)17-7-15-18(11-25-17)29-30-21(15)22-27-16-3-4-23-10-19(16)28-22/h3-4,6-12H,5H2,1-2H3,(H,26,31)(H,27,28)(H,29,30). The Balaban J connectivity index is 1.51. The highest BCUT2D eigenvalue weighted by atomic mass is 16.1. The van der Waals surface area contributed by atoms with Crippen molar-refractivity contribution in [2.45, 2.75) is 20.3 Å². The van der Waals surface area contributed by atoms with Crippen LogP contribution in [-0.2, 0) is 4.79 Å². The molecule has 0 aliphatic heterocycles. The maximum absolute atomic E-state index is 12.1. The van der Waals surface area contributed by atoms with Crippen LogP contribution < -0.4 is 5.32 Å². The summed E-state index contributed by atoms with van der Waals surface area (Å²) < 4.78 is 0. The topological polar surface area (TPSA) is 125 Å². The van der Waals surface area contributed by atoms with E-state index in [4.69, 9.17) is 0 Å². The lowest BCUT2D eigenvalue weighted by Gasteiger charge is -2.08. The quantitative estimate of drug-likeness (QED) is 0.401. The van der Waals surface area contributed by atoms with Gasteiger partial charge in [0.05, 0.1) is 46.5 Å². The van der Waals surface area contributed by atoms with Crippen LogP contribution in [0.5, 0.6) is 0 Å². The van der Waals surface area contributed by atoms with Gasteiger partial charge in [-0.3, -0.25) is 24.8 Å². The summed E-state index contributed by atoms with van der Waals surface area (Å²) in [4.78, 5) is 32.9. The second kappa shape index (κ2) is 7.60. The molecule has 0 aliphatic rings. The monoisotopic (exact) mass is 412 g/mol. The summed E-state index contributed by atoms with van der Waals surface area (Å²) >= 11 is 0. The number of aromatic amines is 2. The second-order valence-corrected chi connectivity index (χ2v) is 7.77. The molecule has 9 nitrogen and oxygen atoms in total. The fourth-order valence-electron chi connectivity index (χ4n) is 3.46. The van der Waals surface area contributed by atoms with E-state index in [0.717, 1.165) is 33.2 Å². The van der Waals surface area contributed by atoms with Gasteiger partial charge in [-0.15, -0.1) is 0 Å². The summed E-state index contributed by atoms with van der Waals surface area (Å²) in [7, 11) is 0. The Bertz CT molecular complexity index is 1370. The number of carbonyl (C=O) groups excluding carboxylic acids is 1. The number of hydrogen-bond acceptors (Lipinski definition) is 6. The van der Waals surface area contributed by atoms with Crippen molar-refractivity contribution in [3.05, 3.63) is 49.2 Å². The van der Waals surface area contributed by atoms with E-state index < -0.39 is 0 Å². The Kier molecular flexibility index (Phi) is 4.62. The summed E-state index contributed by atoms with van der Waals surface area (Å²) in [5.41, 5.74) is 5.32. The molecule has 31 heavy (non-hydrogen) atoms. The highest BCUT2D eigenvalue weighted by Gasteiger charge is 2.15. The molecule has 9 heteroatoms. The van der Waals surface area contributed by atoms with Crippen LogP contribution >= 0.6 is 0 Å². The smallest absolute Gasteiger partial charge is 0.224 e. The minimum atomic E-state index is -0.0335. The van der Waals surface area contributed by atoms with Gasteiger partial charge < -0.3 is 10.3 Å².